The number of rotatable bonds is 3. The van der Waals surface area contributed by atoms with Crippen LogP contribution in [-0.4, -0.2) is 20.8 Å². The topological polar surface area (TPSA) is 73.0 Å². The number of nitrogens with zero attached hydrogens (tertiary/aromatic N) is 3. The third-order valence-corrected chi connectivity index (χ3v) is 3.05. The zero-order valence-electron chi connectivity index (χ0n) is 11.7. The maximum atomic E-state index is 12.1. The monoisotopic (exact) mass is 282 g/mol. The van der Waals surface area contributed by atoms with Gasteiger partial charge in [-0.1, -0.05) is 35.5 Å². The second-order valence-electron chi connectivity index (χ2n) is 4.69. The molecular formula is C15H14N4O2. The van der Waals surface area contributed by atoms with Crippen molar-refractivity contribution in [3.05, 3.63) is 53.9 Å². The number of nitrogens with one attached hydrogen (secondary N) is 1. The molecule has 1 amide bonds. The summed E-state index contributed by atoms with van der Waals surface area (Å²) < 4.78 is 6.71. The van der Waals surface area contributed by atoms with Crippen LogP contribution in [0.2, 0.25) is 0 Å². The summed E-state index contributed by atoms with van der Waals surface area (Å²) in [5.74, 6) is 0.413. The lowest BCUT2D eigenvalue weighted by Crippen LogP contribution is -2.13. The van der Waals surface area contributed by atoms with Gasteiger partial charge in [0.2, 0.25) is 5.76 Å². The standard InChI is InChI=1S/C15H14N4O2/c1-10-8-14(19(2)17-10)16-15(20)13-9-12(18-21-13)11-6-4-3-5-7-11/h3-9H,1-2H3,(H,16,20). The van der Waals surface area contributed by atoms with Crippen LogP contribution in [0.5, 0.6) is 0 Å². The molecule has 3 aromatic rings. The van der Waals surface area contributed by atoms with E-state index in [0.29, 0.717) is 11.5 Å². The number of carbonyl (C=O) groups excluding carboxylic acids is 1. The Morgan fingerprint density at radius 3 is 2.67 bits per heavy atom. The van der Waals surface area contributed by atoms with E-state index in [1.165, 1.54) is 0 Å². The molecule has 0 fully saturated rings. The minimum absolute atomic E-state index is 0.160. The minimum atomic E-state index is -0.354. The summed E-state index contributed by atoms with van der Waals surface area (Å²) in [6.07, 6.45) is 0. The van der Waals surface area contributed by atoms with Crippen LogP contribution in [0.1, 0.15) is 16.2 Å². The van der Waals surface area contributed by atoms with Crippen molar-refractivity contribution in [3.63, 3.8) is 0 Å². The lowest BCUT2D eigenvalue weighted by Gasteiger charge is -2.01. The van der Waals surface area contributed by atoms with Gasteiger partial charge in [-0.15, -0.1) is 0 Å². The van der Waals surface area contributed by atoms with E-state index >= 15 is 0 Å². The van der Waals surface area contributed by atoms with Gasteiger partial charge in [0.1, 0.15) is 11.5 Å². The summed E-state index contributed by atoms with van der Waals surface area (Å²) >= 11 is 0. The van der Waals surface area contributed by atoms with Crippen LogP contribution in [0.25, 0.3) is 11.3 Å². The Morgan fingerprint density at radius 2 is 2.00 bits per heavy atom. The third kappa shape index (κ3) is 2.69. The zero-order valence-corrected chi connectivity index (χ0v) is 11.7. The average molecular weight is 282 g/mol. The molecule has 2 aromatic heterocycles. The molecule has 0 spiro atoms. The normalized spacial score (nSPS) is 10.6. The van der Waals surface area contributed by atoms with E-state index in [1.54, 1.807) is 23.9 Å². The molecule has 0 radical (unpaired) electrons. The molecule has 0 unspecified atom stereocenters. The van der Waals surface area contributed by atoms with Crippen molar-refractivity contribution < 1.29 is 9.32 Å². The van der Waals surface area contributed by atoms with Gasteiger partial charge in [0.05, 0.1) is 5.69 Å². The molecule has 2 heterocycles. The third-order valence-electron chi connectivity index (χ3n) is 3.05. The second-order valence-corrected chi connectivity index (χ2v) is 4.69. The van der Waals surface area contributed by atoms with Crippen molar-refractivity contribution in [1.29, 1.82) is 0 Å². The Labute approximate surface area is 121 Å². The molecule has 0 bridgehead atoms. The largest absolute Gasteiger partial charge is 0.350 e. The number of aromatic nitrogens is 3. The molecule has 106 valence electrons. The van der Waals surface area contributed by atoms with Gasteiger partial charge < -0.3 is 9.84 Å². The first-order valence-corrected chi connectivity index (χ1v) is 6.47. The first-order valence-electron chi connectivity index (χ1n) is 6.47. The summed E-state index contributed by atoms with van der Waals surface area (Å²) in [4.78, 5) is 12.1. The van der Waals surface area contributed by atoms with Crippen molar-refractivity contribution in [3.8, 4) is 11.3 Å². The number of benzene rings is 1. The van der Waals surface area contributed by atoms with E-state index < -0.39 is 0 Å². The van der Waals surface area contributed by atoms with Gasteiger partial charge in [0.15, 0.2) is 0 Å². The van der Waals surface area contributed by atoms with Crippen LogP contribution in [0, 0.1) is 6.92 Å². The van der Waals surface area contributed by atoms with E-state index in [9.17, 15) is 4.79 Å². The van der Waals surface area contributed by atoms with Gasteiger partial charge in [-0.05, 0) is 6.92 Å². The molecular weight excluding hydrogens is 268 g/mol. The highest BCUT2D eigenvalue weighted by Crippen LogP contribution is 2.19. The molecule has 21 heavy (non-hydrogen) atoms. The second kappa shape index (κ2) is 5.24. The van der Waals surface area contributed by atoms with Gasteiger partial charge in [-0.3, -0.25) is 9.48 Å². The summed E-state index contributed by atoms with van der Waals surface area (Å²) in [5.41, 5.74) is 2.36. The van der Waals surface area contributed by atoms with E-state index in [4.69, 9.17) is 4.52 Å². The van der Waals surface area contributed by atoms with Crippen molar-refractivity contribution >= 4 is 11.7 Å². The maximum Gasteiger partial charge on any atom is 0.295 e. The van der Waals surface area contributed by atoms with E-state index in [1.807, 2.05) is 37.3 Å². The van der Waals surface area contributed by atoms with Crippen LogP contribution in [0.15, 0.2) is 47.0 Å². The predicted molar refractivity (Wildman–Crippen MR) is 77.8 cm³/mol. The highest BCUT2D eigenvalue weighted by molar-refractivity contribution is 6.02. The van der Waals surface area contributed by atoms with Gasteiger partial charge in [0, 0.05) is 24.7 Å². The van der Waals surface area contributed by atoms with Gasteiger partial charge in [-0.25, -0.2) is 0 Å². The highest BCUT2D eigenvalue weighted by Gasteiger charge is 2.15. The SMILES string of the molecule is Cc1cc(NC(=O)c2cc(-c3ccccc3)no2)n(C)n1. The number of anilines is 1. The van der Waals surface area contributed by atoms with Crippen molar-refractivity contribution in [1.82, 2.24) is 14.9 Å². The molecule has 1 N–H and O–H groups in total. The Balaban J connectivity index is 1.80. The molecule has 0 saturated carbocycles. The Morgan fingerprint density at radius 1 is 1.24 bits per heavy atom. The van der Waals surface area contributed by atoms with Gasteiger partial charge >= 0.3 is 0 Å². The fourth-order valence-electron chi connectivity index (χ4n) is 2.03. The van der Waals surface area contributed by atoms with E-state index in [0.717, 1.165) is 11.3 Å². The molecule has 6 heteroatoms. The summed E-state index contributed by atoms with van der Waals surface area (Å²) in [6, 6.07) is 12.9. The highest BCUT2D eigenvalue weighted by atomic mass is 16.5. The fraction of sp³-hybridized carbons (Fsp3) is 0.133. The Hall–Kier alpha value is -2.89. The van der Waals surface area contributed by atoms with Crippen LogP contribution in [-0.2, 0) is 7.05 Å². The van der Waals surface area contributed by atoms with Crippen molar-refractivity contribution in [2.45, 2.75) is 6.92 Å². The van der Waals surface area contributed by atoms with Gasteiger partial charge in [0.25, 0.3) is 5.91 Å². The van der Waals surface area contributed by atoms with Crippen molar-refractivity contribution in [2.24, 2.45) is 7.05 Å². The quantitative estimate of drug-likeness (QED) is 0.801. The molecule has 6 nitrogen and oxygen atoms in total. The lowest BCUT2D eigenvalue weighted by molar-refractivity contribution is 0.0987. The Bertz CT molecular complexity index is 774. The average Bonchev–Trinajstić information content (AvgIpc) is 3.07. The summed E-state index contributed by atoms with van der Waals surface area (Å²) in [7, 11) is 1.76. The molecule has 0 aliphatic heterocycles. The zero-order chi connectivity index (χ0) is 14.8. The Kier molecular flexibility index (Phi) is 3.27. The van der Waals surface area contributed by atoms with E-state index in [2.05, 4.69) is 15.6 Å². The first kappa shape index (κ1) is 13.1. The molecule has 0 aliphatic rings. The summed E-state index contributed by atoms with van der Waals surface area (Å²) in [6.45, 7) is 1.86. The minimum Gasteiger partial charge on any atom is -0.350 e. The molecule has 0 saturated heterocycles. The van der Waals surface area contributed by atoms with Crippen LogP contribution < -0.4 is 5.32 Å². The van der Waals surface area contributed by atoms with Crippen LogP contribution >= 0.6 is 0 Å². The number of carbonyl (C=O) groups is 1. The molecule has 1 aromatic carbocycles. The molecule has 0 atom stereocenters. The summed E-state index contributed by atoms with van der Waals surface area (Å²) in [5, 5.41) is 10.8. The van der Waals surface area contributed by atoms with Crippen molar-refractivity contribution in [2.75, 3.05) is 5.32 Å². The number of hydrogen-bond donors (Lipinski definition) is 1. The lowest BCUT2D eigenvalue weighted by atomic mass is 10.1. The smallest absolute Gasteiger partial charge is 0.295 e. The fourth-order valence-corrected chi connectivity index (χ4v) is 2.03. The number of hydrogen-bond acceptors (Lipinski definition) is 4. The van der Waals surface area contributed by atoms with E-state index in [-0.39, 0.29) is 11.7 Å². The first-order chi connectivity index (χ1) is 10.1. The van der Waals surface area contributed by atoms with Crippen LogP contribution in [0.4, 0.5) is 5.82 Å². The van der Waals surface area contributed by atoms with Crippen LogP contribution in [0.3, 0.4) is 0 Å². The molecule has 3 rings (SSSR count). The predicted octanol–water partition coefficient (Wildman–Crippen LogP) is 2.64. The molecule has 0 aliphatic carbocycles. The number of aryl methyl sites for hydroxylation is 2. The van der Waals surface area contributed by atoms with Gasteiger partial charge in [-0.2, -0.15) is 5.10 Å². The number of amides is 1. The maximum absolute atomic E-state index is 12.1.